The Hall–Kier alpha value is -1.60. The van der Waals surface area contributed by atoms with Crippen molar-refractivity contribution >= 4 is 16.0 Å². The first kappa shape index (κ1) is 21.1. The first-order valence-corrected chi connectivity index (χ1v) is 12.0. The van der Waals surface area contributed by atoms with Crippen molar-refractivity contribution in [2.45, 2.75) is 69.4 Å². The molecular weight excluding hydrogens is 372 g/mol. The number of aliphatic imine (C=N–C) groups is 1. The monoisotopic (exact) mass is 406 g/mol. The summed E-state index contributed by atoms with van der Waals surface area (Å²) < 4.78 is 27.9. The summed E-state index contributed by atoms with van der Waals surface area (Å²) >= 11 is 0. The second-order valence-electron chi connectivity index (χ2n) is 8.10. The lowest BCUT2D eigenvalue weighted by Crippen LogP contribution is -2.44. The number of piperidine rings is 1. The zero-order chi connectivity index (χ0) is 20.0. The maximum absolute atomic E-state index is 13.1. The third kappa shape index (κ3) is 5.26. The highest BCUT2D eigenvalue weighted by atomic mass is 32.2. The molecule has 1 saturated heterocycles. The molecule has 0 aromatic heterocycles. The summed E-state index contributed by atoms with van der Waals surface area (Å²) in [6, 6.07) is 7.75. The van der Waals surface area contributed by atoms with Crippen molar-refractivity contribution in [3.05, 3.63) is 29.8 Å². The van der Waals surface area contributed by atoms with E-state index in [1.165, 1.54) is 12.8 Å². The van der Waals surface area contributed by atoms with Crippen molar-refractivity contribution in [1.82, 2.24) is 14.9 Å². The summed E-state index contributed by atoms with van der Waals surface area (Å²) in [5.41, 5.74) is 0.785. The molecule has 2 fully saturated rings. The maximum Gasteiger partial charge on any atom is 0.243 e. The standard InChI is InChI=1S/C21H34N4O2S/c1-17-10-12-19(13-11-17)24-21(22-2)23-16-18-8-4-5-9-20(18)28(26,27)25-14-6-3-7-15-25/h4-5,8-9,17,19H,3,6-7,10-16H2,1-2H3,(H2,22,23,24). The summed E-state index contributed by atoms with van der Waals surface area (Å²) in [6.07, 6.45) is 7.78. The van der Waals surface area contributed by atoms with Crippen molar-refractivity contribution in [3.8, 4) is 0 Å². The number of nitrogens with one attached hydrogen (secondary N) is 2. The van der Waals surface area contributed by atoms with Crippen molar-refractivity contribution in [1.29, 1.82) is 0 Å². The molecule has 156 valence electrons. The van der Waals surface area contributed by atoms with Gasteiger partial charge in [0.05, 0.1) is 4.90 Å². The first-order valence-electron chi connectivity index (χ1n) is 10.6. The molecule has 1 aliphatic heterocycles. The molecule has 1 aliphatic carbocycles. The van der Waals surface area contributed by atoms with Crippen LogP contribution in [-0.2, 0) is 16.6 Å². The average Bonchev–Trinajstić information content (AvgIpc) is 2.73. The number of nitrogens with zero attached hydrogens (tertiary/aromatic N) is 2. The van der Waals surface area contributed by atoms with Crippen LogP contribution in [0, 0.1) is 5.92 Å². The highest BCUT2D eigenvalue weighted by Gasteiger charge is 2.28. The number of guanidine groups is 1. The van der Waals surface area contributed by atoms with Crippen molar-refractivity contribution in [3.63, 3.8) is 0 Å². The number of benzene rings is 1. The molecule has 0 unspecified atom stereocenters. The van der Waals surface area contributed by atoms with Gasteiger partial charge in [-0.1, -0.05) is 31.5 Å². The van der Waals surface area contributed by atoms with Gasteiger partial charge in [-0.2, -0.15) is 4.31 Å². The zero-order valence-corrected chi connectivity index (χ0v) is 18.0. The van der Waals surface area contributed by atoms with Gasteiger partial charge in [-0.3, -0.25) is 4.99 Å². The van der Waals surface area contributed by atoms with E-state index in [0.717, 1.165) is 49.5 Å². The maximum atomic E-state index is 13.1. The smallest absolute Gasteiger partial charge is 0.243 e. The highest BCUT2D eigenvalue weighted by Crippen LogP contribution is 2.24. The fourth-order valence-electron chi connectivity index (χ4n) is 4.12. The van der Waals surface area contributed by atoms with Crippen molar-refractivity contribution in [2.24, 2.45) is 10.9 Å². The Kier molecular flexibility index (Phi) is 7.35. The largest absolute Gasteiger partial charge is 0.354 e. The van der Waals surface area contributed by atoms with Gasteiger partial charge >= 0.3 is 0 Å². The summed E-state index contributed by atoms with van der Waals surface area (Å²) in [5.74, 6) is 1.55. The molecule has 0 bridgehead atoms. The summed E-state index contributed by atoms with van der Waals surface area (Å²) in [5, 5.41) is 6.81. The molecule has 1 aromatic carbocycles. The Labute approximate surface area is 169 Å². The summed E-state index contributed by atoms with van der Waals surface area (Å²) in [6.45, 7) is 3.98. The van der Waals surface area contributed by atoms with E-state index < -0.39 is 10.0 Å². The van der Waals surface area contributed by atoms with Crippen LogP contribution in [0.1, 0.15) is 57.4 Å². The molecule has 1 heterocycles. The molecule has 0 atom stereocenters. The lowest BCUT2D eigenvalue weighted by atomic mass is 9.87. The third-order valence-corrected chi connectivity index (χ3v) is 7.93. The second kappa shape index (κ2) is 9.74. The fraction of sp³-hybridized carbons (Fsp3) is 0.667. The normalized spacial score (nSPS) is 24.7. The Morgan fingerprint density at radius 1 is 1.11 bits per heavy atom. The van der Waals surface area contributed by atoms with Crippen LogP contribution in [-0.4, -0.2) is 44.9 Å². The molecule has 0 radical (unpaired) electrons. The third-order valence-electron chi connectivity index (χ3n) is 5.93. The van der Waals surface area contributed by atoms with E-state index in [1.54, 1.807) is 23.5 Å². The molecular formula is C21H34N4O2S. The Morgan fingerprint density at radius 3 is 2.46 bits per heavy atom. The van der Waals surface area contributed by atoms with E-state index >= 15 is 0 Å². The molecule has 0 spiro atoms. The Balaban J connectivity index is 1.65. The SMILES string of the molecule is CN=C(NCc1ccccc1S(=O)(=O)N1CCCCC1)NC1CCC(C)CC1. The van der Waals surface area contributed by atoms with Gasteiger partial charge in [0.25, 0.3) is 0 Å². The lowest BCUT2D eigenvalue weighted by Gasteiger charge is -2.29. The quantitative estimate of drug-likeness (QED) is 0.582. The van der Waals surface area contributed by atoms with Crippen LogP contribution >= 0.6 is 0 Å². The van der Waals surface area contributed by atoms with Crippen molar-refractivity contribution in [2.75, 3.05) is 20.1 Å². The predicted molar refractivity (Wildman–Crippen MR) is 114 cm³/mol. The minimum atomic E-state index is -3.45. The van der Waals surface area contributed by atoms with Crippen LogP contribution in [0.2, 0.25) is 0 Å². The van der Waals surface area contributed by atoms with Gasteiger partial charge in [0, 0.05) is 32.7 Å². The fourth-order valence-corrected chi connectivity index (χ4v) is 5.86. The van der Waals surface area contributed by atoms with E-state index in [4.69, 9.17) is 0 Å². The van der Waals surface area contributed by atoms with Crippen LogP contribution in [0.3, 0.4) is 0 Å². The molecule has 1 aromatic rings. The predicted octanol–water partition coefficient (Wildman–Crippen LogP) is 3.10. The number of hydrogen-bond donors (Lipinski definition) is 2. The molecule has 2 N–H and O–H groups in total. The van der Waals surface area contributed by atoms with E-state index in [2.05, 4.69) is 22.5 Å². The van der Waals surface area contributed by atoms with E-state index in [-0.39, 0.29) is 0 Å². The Bertz CT molecular complexity index is 764. The Morgan fingerprint density at radius 2 is 1.79 bits per heavy atom. The minimum absolute atomic E-state index is 0.409. The number of rotatable bonds is 5. The van der Waals surface area contributed by atoms with Gasteiger partial charge < -0.3 is 10.6 Å². The molecule has 2 aliphatic rings. The van der Waals surface area contributed by atoms with Gasteiger partial charge in [-0.25, -0.2) is 8.42 Å². The number of sulfonamides is 1. The lowest BCUT2D eigenvalue weighted by molar-refractivity contribution is 0.329. The zero-order valence-electron chi connectivity index (χ0n) is 17.2. The molecule has 6 nitrogen and oxygen atoms in total. The van der Waals surface area contributed by atoms with Crippen LogP contribution in [0.25, 0.3) is 0 Å². The minimum Gasteiger partial charge on any atom is -0.354 e. The summed E-state index contributed by atoms with van der Waals surface area (Å²) in [4.78, 5) is 4.74. The van der Waals surface area contributed by atoms with Gasteiger partial charge in [0.1, 0.15) is 0 Å². The van der Waals surface area contributed by atoms with E-state index in [1.807, 2.05) is 12.1 Å². The van der Waals surface area contributed by atoms with E-state index in [0.29, 0.717) is 30.6 Å². The van der Waals surface area contributed by atoms with Gasteiger partial charge in [-0.05, 0) is 56.1 Å². The summed E-state index contributed by atoms with van der Waals surface area (Å²) in [7, 11) is -1.69. The molecule has 7 heteroatoms. The molecule has 3 rings (SSSR count). The van der Waals surface area contributed by atoms with E-state index in [9.17, 15) is 8.42 Å². The van der Waals surface area contributed by atoms with Gasteiger partial charge in [-0.15, -0.1) is 0 Å². The highest BCUT2D eigenvalue weighted by molar-refractivity contribution is 7.89. The topological polar surface area (TPSA) is 73.8 Å². The second-order valence-corrected chi connectivity index (χ2v) is 10.0. The molecule has 0 amide bonds. The van der Waals surface area contributed by atoms with Crippen LogP contribution in [0.5, 0.6) is 0 Å². The van der Waals surface area contributed by atoms with Crippen LogP contribution < -0.4 is 10.6 Å². The molecule has 28 heavy (non-hydrogen) atoms. The van der Waals surface area contributed by atoms with Gasteiger partial charge in [0.15, 0.2) is 5.96 Å². The first-order chi connectivity index (χ1) is 13.5. The average molecular weight is 407 g/mol. The van der Waals surface area contributed by atoms with Crippen LogP contribution in [0.4, 0.5) is 0 Å². The van der Waals surface area contributed by atoms with Crippen molar-refractivity contribution < 1.29 is 8.42 Å². The van der Waals surface area contributed by atoms with Crippen LogP contribution in [0.15, 0.2) is 34.2 Å². The molecule has 1 saturated carbocycles. The number of hydrogen-bond acceptors (Lipinski definition) is 3. The van der Waals surface area contributed by atoms with Gasteiger partial charge in [0.2, 0.25) is 10.0 Å².